The van der Waals surface area contributed by atoms with E-state index in [4.69, 9.17) is 4.84 Å². The molecule has 2 heterocycles. The van der Waals surface area contributed by atoms with Gasteiger partial charge in [-0.25, -0.2) is 9.75 Å². The van der Waals surface area contributed by atoms with Crippen LogP contribution >= 0.6 is 0 Å². The summed E-state index contributed by atoms with van der Waals surface area (Å²) in [7, 11) is 1.42. The lowest BCUT2D eigenvalue weighted by molar-refractivity contribution is -0.144. The number of rotatable bonds is 3. The molecule has 0 saturated carbocycles. The molecule has 1 aromatic heterocycles. The molecule has 100 valence electrons. The van der Waals surface area contributed by atoms with Gasteiger partial charge in [0.1, 0.15) is 0 Å². The number of carbonyl (C=O) groups is 1. The summed E-state index contributed by atoms with van der Waals surface area (Å²) in [4.78, 5) is 17.1. The summed E-state index contributed by atoms with van der Waals surface area (Å²) in [5.74, 6) is -0.611. The second-order valence-electron chi connectivity index (χ2n) is 3.82. The highest BCUT2D eigenvalue weighted by molar-refractivity contribution is 5.91. The van der Waals surface area contributed by atoms with E-state index in [1.54, 1.807) is 0 Å². The van der Waals surface area contributed by atoms with Gasteiger partial charge in [0.05, 0.1) is 6.61 Å². The van der Waals surface area contributed by atoms with Crippen LogP contribution in [0, 0.1) is 0 Å². The van der Waals surface area contributed by atoms with E-state index in [1.165, 1.54) is 18.2 Å². The number of ether oxygens (including phenoxy) is 1. The van der Waals surface area contributed by atoms with Crippen LogP contribution in [0.1, 0.15) is 23.3 Å². The normalized spacial score (nSPS) is 16.1. The van der Waals surface area contributed by atoms with Gasteiger partial charge in [0, 0.05) is 19.7 Å². The van der Waals surface area contributed by atoms with Gasteiger partial charge in [-0.05, 0) is 12.8 Å². The predicted octanol–water partition coefficient (Wildman–Crippen LogP) is 1.19. The number of hydroxylamine groups is 2. The van der Waals surface area contributed by atoms with Crippen molar-refractivity contribution < 1.29 is 23.1 Å². The van der Waals surface area contributed by atoms with Gasteiger partial charge in [-0.1, -0.05) is 0 Å². The lowest BCUT2D eigenvalue weighted by atomic mass is 10.3. The van der Waals surface area contributed by atoms with Crippen molar-refractivity contribution >= 4 is 5.91 Å². The van der Waals surface area contributed by atoms with Gasteiger partial charge in [0.15, 0.2) is 5.69 Å². The van der Waals surface area contributed by atoms with Crippen LogP contribution in [0.25, 0.3) is 0 Å². The Morgan fingerprint density at radius 2 is 2.33 bits per heavy atom. The van der Waals surface area contributed by atoms with E-state index in [0.29, 0.717) is 13.2 Å². The molecule has 0 unspecified atom stereocenters. The van der Waals surface area contributed by atoms with Gasteiger partial charge in [-0.15, -0.1) is 0 Å². The number of aryl methyl sites for hydroxylation is 1. The fourth-order valence-corrected chi connectivity index (χ4v) is 1.64. The number of alkyl halides is 2. The summed E-state index contributed by atoms with van der Waals surface area (Å²) in [6, 6.07) is 1.17. The highest BCUT2D eigenvalue weighted by atomic mass is 19.3. The maximum atomic E-state index is 12.1. The molecule has 0 N–H and O–H groups in total. The average molecular weight is 261 g/mol. The van der Waals surface area contributed by atoms with E-state index < -0.39 is 12.5 Å². The third-order valence-electron chi connectivity index (χ3n) is 2.50. The van der Waals surface area contributed by atoms with Crippen molar-refractivity contribution in [3.63, 3.8) is 0 Å². The standard InChI is InChI=1S/C10H13F2N3O3/c1-14-8(18-10(11)12)6-7(13-14)9(16)15-4-2-3-5-17-15/h6,10H,2-5H2,1H3. The van der Waals surface area contributed by atoms with E-state index >= 15 is 0 Å². The van der Waals surface area contributed by atoms with Crippen LogP contribution in [0.3, 0.4) is 0 Å². The maximum Gasteiger partial charge on any atom is 0.388 e. The highest BCUT2D eigenvalue weighted by Crippen LogP contribution is 2.17. The molecule has 2 rings (SSSR count). The lowest BCUT2D eigenvalue weighted by Crippen LogP contribution is -2.36. The summed E-state index contributed by atoms with van der Waals surface area (Å²) >= 11 is 0. The van der Waals surface area contributed by atoms with Crippen molar-refractivity contribution in [1.29, 1.82) is 0 Å². The van der Waals surface area contributed by atoms with E-state index in [0.717, 1.165) is 17.5 Å². The summed E-state index contributed by atoms with van der Waals surface area (Å²) in [5.41, 5.74) is 0.0232. The number of hydrogen-bond donors (Lipinski definition) is 0. The number of amides is 1. The summed E-state index contributed by atoms with van der Waals surface area (Å²) in [6.45, 7) is -2.01. The Kier molecular flexibility index (Phi) is 3.75. The van der Waals surface area contributed by atoms with Crippen LogP contribution in [0.5, 0.6) is 5.88 Å². The molecule has 1 amide bonds. The maximum absolute atomic E-state index is 12.1. The van der Waals surface area contributed by atoms with Gasteiger partial charge in [0.2, 0.25) is 5.88 Å². The number of aromatic nitrogens is 2. The molecule has 6 nitrogen and oxygen atoms in total. The summed E-state index contributed by atoms with van der Waals surface area (Å²) in [5, 5.41) is 5.02. The zero-order chi connectivity index (χ0) is 13.1. The Bertz CT molecular complexity index is 430. The second-order valence-corrected chi connectivity index (χ2v) is 3.82. The third-order valence-corrected chi connectivity index (χ3v) is 2.50. The van der Waals surface area contributed by atoms with E-state index in [2.05, 4.69) is 9.84 Å². The number of hydrogen-bond acceptors (Lipinski definition) is 4. The Labute approximate surface area is 102 Å². The molecule has 18 heavy (non-hydrogen) atoms. The predicted molar refractivity (Wildman–Crippen MR) is 56.1 cm³/mol. The monoisotopic (exact) mass is 261 g/mol. The first kappa shape index (κ1) is 12.7. The summed E-state index contributed by atoms with van der Waals surface area (Å²) < 4.78 is 29.5. The third kappa shape index (κ3) is 2.76. The van der Waals surface area contributed by atoms with Crippen LogP contribution in [0.2, 0.25) is 0 Å². The molecule has 8 heteroatoms. The Morgan fingerprint density at radius 3 is 2.94 bits per heavy atom. The molecule has 1 saturated heterocycles. The van der Waals surface area contributed by atoms with Gasteiger partial charge in [0.25, 0.3) is 5.91 Å². The van der Waals surface area contributed by atoms with E-state index in [1.807, 2.05) is 0 Å². The molecule has 1 aromatic rings. The van der Waals surface area contributed by atoms with E-state index in [-0.39, 0.29) is 11.6 Å². The number of nitrogens with zero attached hydrogens (tertiary/aromatic N) is 3. The Balaban J connectivity index is 2.10. The lowest BCUT2D eigenvalue weighted by Gasteiger charge is -2.24. The molecule has 1 fully saturated rings. The van der Waals surface area contributed by atoms with Crippen molar-refractivity contribution in [2.24, 2.45) is 7.05 Å². The molecule has 0 radical (unpaired) electrons. The van der Waals surface area contributed by atoms with Gasteiger partial charge in [-0.2, -0.15) is 13.9 Å². The topological polar surface area (TPSA) is 56.6 Å². The minimum atomic E-state index is -2.95. The van der Waals surface area contributed by atoms with Crippen molar-refractivity contribution in [3.05, 3.63) is 11.8 Å². The Hall–Kier alpha value is -1.70. The minimum Gasteiger partial charge on any atom is -0.417 e. The van der Waals surface area contributed by atoms with Gasteiger partial charge in [-0.3, -0.25) is 9.63 Å². The fraction of sp³-hybridized carbons (Fsp3) is 0.600. The molecule has 0 spiro atoms. The van der Waals surface area contributed by atoms with Crippen LogP contribution in [0.4, 0.5) is 8.78 Å². The fourth-order valence-electron chi connectivity index (χ4n) is 1.64. The molecule has 0 bridgehead atoms. The smallest absolute Gasteiger partial charge is 0.388 e. The van der Waals surface area contributed by atoms with Gasteiger partial charge < -0.3 is 4.74 Å². The first-order valence-corrected chi connectivity index (χ1v) is 5.51. The first-order valence-electron chi connectivity index (χ1n) is 5.51. The molecule has 1 aliphatic heterocycles. The number of carbonyl (C=O) groups excluding carboxylic acids is 1. The van der Waals surface area contributed by atoms with Crippen LogP contribution in [-0.4, -0.2) is 40.5 Å². The number of halogens is 2. The molecule has 0 atom stereocenters. The molecule has 0 aromatic carbocycles. The zero-order valence-electron chi connectivity index (χ0n) is 9.81. The quantitative estimate of drug-likeness (QED) is 0.820. The van der Waals surface area contributed by atoms with Crippen LogP contribution < -0.4 is 4.74 Å². The Morgan fingerprint density at radius 1 is 1.56 bits per heavy atom. The van der Waals surface area contributed by atoms with Gasteiger partial charge >= 0.3 is 6.61 Å². The van der Waals surface area contributed by atoms with E-state index in [9.17, 15) is 13.6 Å². The average Bonchev–Trinajstić information content (AvgIpc) is 2.70. The van der Waals surface area contributed by atoms with Crippen LogP contribution in [0.15, 0.2) is 6.07 Å². The highest BCUT2D eigenvalue weighted by Gasteiger charge is 2.23. The van der Waals surface area contributed by atoms with Crippen molar-refractivity contribution in [1.82, 2.24) is 14.8 Å². The molecule has 1 aliphatic rings. The SMILES string of the molecule is Cn1nc(C(=O)N2CCCCO2)cc1OC(F)F. The minimum absolute atomic E-state index is 0.0232. The first-order chi connectivity index (χ1) is 8.58. The molecular weight excluding hydrogens is 248 g/mol. The van der Waals surface area contributed by atoms with Crippen molar-refractivity contribution in [2.45, 2.75) is 19.5 Å². The van der Waals surface area contributed by atoms with Crippen LogP contribution in [-0.2, 0) is 11.9 Å². The second kappa shape index (κ2) is 5.30. The molecular formula is C10H13F2N3O3. The largest absolute Gasteiger partial charge is 0.417 e. The van der Waals surface area contributed by atoms with Crippen molar-refractivity contribution in [3.8, 4) is 5.88 Å². The summed E-state index contributed by atoms with van der Waals surface area (Å²) in [6.07, 6.45) is 1.74. The molecule has 0 aliphatic carbocycles. The van der Waals surface area contributed by atoms with Crippen molar-refractivity contribution in [2.75, 3.05) is 13.2 Å². The zero-order valence-corrected chi connectivity index (χ0v) is 9.81.